The second-order valence-corrected chi connectivity index (χ2v) is 5.76. The minimum Gasteiger partial charge on any atom is -0.378 e. The molecule has 2 aliphatic rings. The van der Waals surface area contributed by atoms with Gasteiger partial charge in [0.2, 0.25) is 0 Å². The van der Waals surface area contributed by atoms with Crippen molar-refractivity contribution < 1.29 is 18.6 Å². The predicted octanol–water partition coefficient (Wildman–Crippen LogP) is 3.07. The number of methoxy groups -OCH3 is 1. The Labute approximate surface area is 119 Å². The molecule has 110 valence electrons. The zero-order chi connectivity index (χ0) is 14.1. The fourth-order valence-corrected chi connectivity index (χ4v) is 3.31. The quantitative estimate of drug-likeness (QED) is 0.851. The molecule has 0 unspecified atom stereocenters. The van der Waals surface area contributed by atoms with Crippen molar-refractivity contribution >= 4 is 0 Å². The van der Waals surface area contributed by atoms with Crippen LogP contribution in [0.15, 0.2) is 24.3 Å². The zero-order valence-corrected chi connectivity index (χ0v) is 11.9. The molecule has 3 rings (SSSR count). The van der Waals surface area contributed by atoms with Crippen LogP contribution in [0.2, 0.25) is 0 Å². The zero-order valence-electron chi connectivity index (χ0n) is 11.9. The number of ether oxygens (including phenoxy) is 3. The molecule has 1 aliphatic carbocycles. The Hall–Kier alpha value is -0.970. The van der Waals surface area contributed by atoms with Crippen LogP contribution in [0.5, 0.6) is 0 Å². The van der Waals surface area contributed by atoms with E-state index < -0.39 is 5.79 Å². The van der Waals surface area contributed by atoms with Crippen LogP contribution >= 0.6 is 0 Å². The van der Waals surface area contributed by atoms with E-state index in [9.17, 15) is 4.39 Å². The van der Waals surface area contributed by atoms with Crippen LogP contribution in [-0.4, -0.2) is 31.7 Å². The monoisotopic (exact) mass is 280 g/mol. The van der Waals surface area contributed by atoms with E-state index in [0.717, 1.165) is 31.2 Å². The fourth-order valence-electron chi connectivity index (χ4n) is 3.31. The summed E-state index contributed by atoms with van der Waals surface area (Å²) in [6, 6.07) is 6.93. The van der Waals surface area contributed by atoms with E-state index in [0.29, 0.717) is 19.6 Å². The largest absolute Gasteiger partial charge is 0.378 e. The second-order valence-electron chi connectivity index (χ2n) is 5.76. The maximum atomic E-state index is 13.8. The third-order valence-electron chi connectivity index (χ3n) is 4.64. The molecule has 0 radical (unpaired) electrons. The first-order valence-electron chi connectivity index (χ1n) is 7.24. The molecule has 1 saturated carbocycles. The van der Waals surface area contributed by atoms with Crippen molar-refractivity contribution in [2.24, 2.45) is 0 Å². The lowest BCUT2D eigenvalue weighted by molar-refractivity contribution is -0.206. The number of hydrogen-bond acceptors (Lipinski definition) is 3. The Kier molecular flexibility index (Phi) is 3.80. The van der Waals surface area contributed by atoms with Gasteiger partial charge in [-0.15, -0.1) is 0 Å². The topological polar surface area (TPSA) is 27.7 Å². The summed E-state index contributed by atoms with van der Waals surface area (Å²) < 4.78 is 31.1. The first kappa shape index (κ1) is 14.0. The highest BCUT2D eigenvalue weighted by molar-refractivity contribution is 5.20. The Bertz CT molecular complexity index is 459. The highest BCUT2D eigenvalue weighted by Crippen LogP contribution is 2.43. The van der Waals surface area contributed by atoms with Crippen LogP contribution in [0, 0.1) is 5.82 Å². The minimum absolute atomic E-state index is 0.155. The van der Waals surface area contributed by atoms with Gasteiger partial charge in [-0.05, 0) is 24.5 Å². The van der Waals surface area contributed by atoms with Gasteiger partial charge in [0.1, 0.15) is 5.82 Å². The van der Waals surface area contributed by atoms with Crippen LogP contribution in [0.25, 0.3) is 0 Å². The van der Waals surface area contributed by atoms with E-state index >= 15 is 0 Å². The Morgan fingerprint density at radius 2 is 1.75 bits per heavy atom. The summed E-state index contributed by atoms with van der Waals surface area (Å²) in [6.45, 7) is 1.35. The molecule has 20 heavy (non-hydrogen) atoms. The van der Waals surface area contributed by atoms with Crippen LogP contribution in [0.1, 0.15) is 31.2 Å². The summed E-state index contributed by atoms with van der Waals surface area (Å²) in [5, 5.41) is 0. The van der Waals surface area contributed by atoms with Gasteiger partial charge in [-0.2, -0.15) is 0 Å². The molecule has 1 heterocycles. The summed E-state index contributed by atoms with van der Waals surface area (Å²) in [5.74, 6) is -0.561. The van der Waals surface area contributed by atoms with Crippen molar-refractivity contribution in [2.75, 3.05) is 20.3 Å². The molecule has 4 heteroatoms. The van der Waals surface area contributed by atoms with Gasteiger partial charge >= 0.3 is 0 Å². The molecular weight excluding hydrogens is 259 g/mol. The number of halogens is 1. The maximum Gasteiger partial charge on any atom is 0.168 e. The van der Waals surface area contributed by atoms with Gasteiger partial charge in [0, 0.05) is 26.4 Å². The first-order chi connectivity index (χ1) is 9.67. The van der Waals surface area contributed by atoms with Crippen molar-refractivity contribution in [3.63, 3.8) is 0 Å². The molecule has 1 saturated heterocycles. The number of benzene rings is 1. The third kappa shape index (κ3) is 2.60. The van der Waals surface area contributed by atoms with E-state index in [1.165, 1.54) is 6.07 Å². The molecule has 0 N–H and O–H groups in total. The SMILES string of the molecule is COC1(Cc2ccccc2F)CCC2(CC1)OCCO2. The summed E-state index contributed by atoms with van der Waals surface area (Å²) in [7, 11) is 1.72. The molecule has 0 aromatic heterocycles. The third-order valence-corrected chi connectivity index (χ3v) is 4.64. The van der Waals surface area contributed by atoms with E-state index in [1.807, 2.05) is 12.1 Å². The summed E-state index contributed by atoms with van der Waals surface area (Å²) in [4.78, 5) is 0. The van der Waals surface area contributed by atoms with Crippen molar-refractivity contribution in [2.45, 2.75) is 43.5 Å². The lowest BCUT2D eigenvalue weighted by atomic mass is 9.77. The van der Waals surface area contributed by atoms with Gasteiger partial charge < -0.3 is 14.2 Å². The summed E-state index contributed by atoms with van der Waals surface area (Å²) >= 11 is 0. The maximum absolute atomic E-state index is 13.8. The van der Waals surface area contributed by atoms with Gasteiger partial charge in [-0.3, -0.25) is 0 Å². The lowest BCUT2D eigenvalue weighted by Gasteiger charge is -2.43. The van der Waals surface area contributed by atoms with Gasteiger partial charge in [-0.1, -0.05) is 18.2 Å². The molecule has 1 aromatic carbocycles. The molecule has 1 aromatic rings. The highest BCUT2D eigenvalue weighted by Gasteiger charge is 2.46. The average Bonchev–Trinajstić information content (AvgIpc) is 2.93. The van der Waals surface area contributed by atoms with E-state index in [-0.39, 0.29) is 11.4 Å². The average molecular weight is 280 g/mol. The van der Waals surface area contributed by atoms with Crippen LogP contribution < -0.4 is 0 Å². The fraction of sp³-hybridized carbons (Fsp3) is 0.625. The van der Waals surface area contributed by atoms with Gasteiger partial charge in [-0.25, -0.2) is 4.39 Å². The first-order valence-corrected chi connectivity index (χ1v) is 7.24. The second kappa shape index (κ2) is 5.43. The van der Waals surface area contributed by atoms with Crippen LogP contribution in [0.4, 0.5) is 4.39 Å². The summed E-state index contributed by atoms with van der Waals surface area (Å²) in [6.07, 6.45) is 3.90. The molecule has 0 atom stereocenters. The molecule has 1 spiro atoms. The Balaban J connectivity index is 1.72. The van der Waals surface area contributed by atoms with Crippen molar-refractivity contribution in [1.82, 2.24) is 0 Å². The van der Waals surface area contributed by atoms with Crippen molar-refractivity contribution in [1.29, 1.82) is 0 Å². The van der Waals surface area contributed by atoms with Crippen LogP contribution in [0.3, 0.4) is 0 Å². The Morgan fingerprint density at radius 1 is 1.10 bits per heavy atom. The molecule has 2 fully saturated rings. The Morgan fingerprint density at radius 3 is 2.35 bits per heavy atom. The minimum atomic E-state index is -0.405. The number of rotatable bonds is 3. The smallest absolute Gasteiger partial charge is 0.168 e. The number of hydrogen-bond donors (Lipinski definition) is 0. The van der Waals surface area contributed by atoms with Gasteiger partial charge in [0.15, 0.2) is 5.79 Å². The molecule has 1 aliphatic heterocycles. The van der Waals surface area contributed by atoms with E-state index in [1.54, 1.807) is 13.2 Å². The summed E-state index contributed by atoms with van der Waals surface area (Å²) in [5.41, 5.74) is 0.418. The van der Waals surface area contributed by atoms with Gasteiger partial charge in [0.05, 0.1) is 18.8 Å². The standard InChI is InChI=1S/C16H21FO3/c1-18-15(12-13-4-2-3-5-14(13)17)6-8-16(9-7-15)19-10-11-20-16/h2-5H,6-12H2,1H3. The van der Waals surface area contributed by atoms with Crippen LogP contribution in [-0.2, 0) is 20.6 Å². The van der Waals surface area contributed by atoms with Crippen molar-refractivity contribution in [3.05, 3.63) is 35.6 Å². The lowest BCUT2D eigenvalue weighted by Crippen LogP contribution is -2.46. The molecule has 0 bridgehead atoms. The highest BCUT2D eigenvalue weighted by atomic mass is 19.1. The molecule has 0 amide bonds. The van der Waals surface area contributed by atoms with E-state index in [2.05, 4.69) is 0 Å². The van der Waals surface area contributed by atoms with E-state index in [4.69, 9.17) is 14.2 Å². The molecular formula is C16H21FO3. The normalized spacial score (nSPS) is 24.1. The van der Waals surface area contributed by atoms with Crippen molar-refractivity contribution in [3.8, 4) is 0 Å². The molecule has 3 nitrogen and oxygen atoms in total. The predicted molar refractivity (Wildman–Crippen MR) is 72.9 cm³/mol. The van der Waals surface area contributed by atoms with Gasteiger partial charge in [0.25, 0.3) is 0 Å².